The van der Waals surface area contributed by atoms with Crippen molar-refractivity contribution in [2.24, 2.45) is 0 Å². The number of morpholine rings is 1. The normalized spacial score (nSPS) is 24.0. The van der Waals surface area contributed by atoms with Crippen molar-refractivity contribution in [2.75, 3.05) is 39.4 Å². The molecule has 3 heterocycles. The van der Waals surface area contributed by atoms with Gasteiger partial charge < -0.3 is 14.5 Å². The number of ether oxygens (including phenoxy) is 1. The number of rotatable bonds is 3. The van der Waals surface area contributed by atoms with Gasteiger partial charge in [0.1, 0.15) is 5.69 Å². The monoisotopic (exact) mass is 306 g/mol. The molecule has 1 unspecified atom stereocenters. The third-order valence-corrected chi connectivity index (χ3v) is 4.74. The number of nitrogens with one attached hydrogen (secondary N) is 1. The van der Waals surface area contributed by atoms with Gasteiger partial charge in [0.15, 0.2) is 0 Å². The SMILES string of the molecule is CC(C)N1CCCC(c2cc(C(=O)N3CCOCC3)n[nH]2)C1. The molecule has 2 aliphatic rings. The average Bonchev–Trinajstić information content (AvgIpc) is 3.05. The molecule has 0 bridgehead atoms. The molecule has 0 aromatic carbocycles. The Hall–Kier alpha value is -1.40. The zero-order chi connectivity index (χ0) is 15.5. The summed E-state index contributed by atoms with van der Waals surface area (Å²) in [7, 11) is 0. The molecule has 122 valence electrons. The van der Waals surface area contributed by atoms with Gasteiger partial charge in [0.25, 0.3) is 5.91 Å². The van der Waals surface area contributed by atoms with Crippen molar-refractivity contribution in [1.29, 1.82) is 0 Å². The second-order valence-corrected chi connectivity index (χ2v) is 6.54. The van der Waals surface area contributed by atoms with Gasteiger partial charge in [-0.05, 0) is 39.3 Å². The molecule has 1 aromatic rings. The van der Waals surface area contributed by atoms with Crippen molar-refractivity contribution in [3.05, 3.63) is 17.5 Å². The standard InChI is InChI=1S/C16H26N4O2/c1-12(2)20-5-3-4-13(11-20)14-10-15(18-17-14)16(21)19-6-8-22-9-7-19/h10,12-13H,3-9,11H2,1-2H3,(H,17,18). The van der Waals surface area contributed by atoms with Crippen LogP contribution in [0.5, 0.6) is 0 Å². The second-order valence-electron chi connectivity index (χ2n) is 6.54. The van der Waals surface area contributed by atoms with Crippen molar-refractivity contribution < 1.29 is 9.53 Å². The predicted molar refractivity (Wildman–Crippen MR) is 84.0 cm³/mol. The summed E-state index contributed by atoms with van der Waals surface area (Å²) >= 11 is 0. The highest BCUT2D eigenvalue weighted by molar-refractivity contribution is 5.92. The Kier molecular flexibility index (Phi) is 4.78. The molecule has 6 nitrogen and oxygen atoms in total. The topological polar surface area (TPSA) is 61.5 Å². The molecule has 2 saturated heterocycles. The Bertz CT molecular complexity index is 508. The van der Waals surface area contributed by atoms with Gasteiger partial charge in [-0.2, -0.15) is 5.10 Å². The molecule has 2 fully saturated rings. The first kappa shape index (κ1) is 15.5. The third kappa shape index (κ3) is 3.33. The van der Waals surface area contributed by atoms with Crippen molar-refractivity contribution in [2.45, 2.75) is 38.6 Å². The van der Waals surface area contributed by atoms with Gasteiger partial charge in [-0.25, -0.2) is 0 Å². The van der Waals surface area contributed by atoms with Gasteiger partial charge in [0.05, 0.1) is 13.2 Å². The largest absolute Gasteiger partial charge is 0.378 e. The molecular weight excluding hydrogens is 280 g/mol. The smallest absolute Gasteiger partial charge is 0.274 e. The molecular formula is C16H26N4O2. The lowest BCUT2D eigenvalue weighted by Crippen LogP contribution is -2.40. The zero-order valence-corrected chi connectivity index (χ0v) is 13.5. The number of carbonyl (C=O) groups is 1. The minimum atomic E-state index is 0.0160. The fraction of sp³-hybridized carbons (Fsp3) is 0.750. The molecule has 0 radical (unpaired) electrons. The Morgan fingerprint density at radius 3 is 2.86 bits per heavy atom. The lowest BCUT2D eigenvalue weighted by Gasteiger charge is -2.34. The lowest BCUT2D eigenvalue weighted by molar-refractivity contribution is 0.0299. The second kappa shape index (κ2) is 6.79. The van der Waals surface area contributed by atoms with Crippen LogP contribution >= 0.6 is 0 Å². The van der Waals surface area contributed by atoms with Gasteiger partial charge >= 0.3 is 0 Å². The molecule has 1 amide bonds. The predicted octanol–water partition coefficient (Wildman–Crippen LogP) is 1.47. The summed E-state index contributed by atoms with van der Waals surface area (Å²) < 4.78 is 5.29. The van der Waals surface area contributed by atoms with Gasteiger partial charge in [0.2, 0.25) is 0 Å². The van der Waals surface area contributed by atoms with E-state index in [0.717, 1.165) is 18.7 Å². The van der Waals surface area contributed by atoms with Crippen LogP contribution in [0.4, 0.5) is 0 Å². The fourth-order valence-corrected chi connectivity index (χ4v) is 3.31. The maximum Gasteiger partial charge on any atom is 0.274 e. The Balaban J connectivity index is 1.66. The number of amides is 1. The molecule has 0 spiro atoms. The number of aromatic amines is 1. The van der Waals surface area contributed by atoms with E-state index in [1.54, 1.807) is 0 Å². The number of piperidine rings is 1. The van der Waals surface area contributed by atoms with Crippen molar-refractivity contribution in [1.82, 2.24) is 20.0 Å². The molecule has 0 aliphatic carbocycles. The summed E-state index contributed by atoms with van der Waals surface area (Å²) in [5.74, 6) is 0.470. The van der Waals surface area contributed by atoms with Crippen LogP contribution in [-0.2, 0) is 4.74 Å². The Labute approximate surface area is 131 Å². The first-order chi connectivity index (χ1) is 10.6. The molecule has 1 atom stereocenters. The molecule has 0 saturated carbocycles. The number of likely N-dealkylation sites (tertiary alicyclic amines) is 1. The number of nitrogens with zero attached hydrogens (tertiary/aromatic N) is 3. The van der Waals surface area contributed by atoms with Crippen LogP contribution in [-0.4, -0.2) is 71.3 Å². The van der Waals surface area contributed by atoms with Crippen molar-refractivity contribution in [3.8, 4) is 0 Å². The number of aromatic nitrogens is 2. The highest BCUT2D eigenvalue weighted by atomic mass is 16.5. The molecule has 1 N–H and O–H groups in total. The summed E-state index contributed by atoms with van der Waals surface area (Å²) in [6, 6.07) is 2.52. The quantitative estimate of drug-likeness (QED) is 0.918. The number of H-pyrrole nitrogens is 1. The summed E-state index contributed by atoms with van der Waals surface area (Å²) in [5.41, 5.74) is 1.64. The maximum absolute atomic E-state index is 12.4. The molecule has 22 heavy (non-hydrogen) atoms. The Morgan fingerprint density at radius 1 is 1.36 bits per heavy atom. The van der Waals surface area contributed by atoms with Crippen LogP contribution in [0.3, 0.4) is 0 Å². The maximum atomic E-state index is 12.4. The van der Waals surface area contributed by atoms with Gasteiger partial charge in [-0.1, -0.05) is 0 Å². The first-order valence-electron chi connectivity index (χ1n) is 8.31. The van der Waals surface area contributed by atoms with Crippen LogP contribution in [0.25, 0.3) is 0 Å². The number of carbonyl (C=O) groups excluding carboxylic acids is 1. The fourth-order valence-electron chi connectivity index (χ4n) is 3.31. The third-order valence-electron chi connectivity index (χ3n) is 4.74. The minimum absolute atomic E-state index is 0.0160. The molecule has 3 rings (SSSR count). The molecule has 6 heteroatoms. The van der Waals surface area contributed by atoms with E-state index < -0.39 is 0 Å². The summed E-state index contributed by atoms with van der Waals surface area (Å²) in [6.07, 6.45) is 2.37. The highest BCUT2D eigenvalue weighted by Gasteiger charge is 2.26. The molecule has 1 aromatic heterocycles. The van der Waals surface area contributed by atoms with E-state index in [-0.39, 0.29) is 5.91 Å². The summed E-state index contributed by atoms with van der Waals surface area (Å²) in [5, 5.41) is 7.36. The van der Waals surface area contributed by atoms with Crippen molar-refractivity contribution >= 4 is 5.91 Å². The van der Waals surface area contributed by atoms with E-state index in [2.05, 4.69) is 28.9 Å². The van der Waals surface area contributed by atoms with E-state index in [1.165, 1.54) is 13.0 Å². The summed E-state index contributed by atoms with van der Waals surface area (Å²) in [4.78, 5) is 16.8. The van der Waals surface area contributed by atoms with Gasteiger partial charge in [-0.15, -0.1) is 0 Å². The van der Waals surface area contributed by atoms with Gasteiger partial charge in [-0.3, -0.25) is 9.89 Å². The number of hydrogen-bond acceptors (Lipinski definition) is 4. The minimum Gasteiger partial charge on any atom is -0.378 e. The molecule has 2 aliphatic heterocycles. The van der Waals surface area contributed by atoms with Crippen LogP contribution in [0, 0.1) is 0 Å². The highest BCUT2D eigenvalue weighted by Crippen LogP contribution is 2.27. The van der Waals surface area contributed by atoms with Gasteiger partial charge in [0, 0.05) is 37.3 Å². The van der Waals surface area contributed by atoms with E-state index in [0.29, 0.717) is 44.0 Å². The van der Waals surface area contributed by atoms with Crippen LogP contribution in [0.2, 0.25) is 0 Å². The lowest BCUT2D eigenvalue weighted by atomic mass is 9.94. The average molecular weight is 306 g/mol. The van der Waals surface area contributed by atoms with Crippen LogP contribution < -0.4 is 0 Å². The van der Waals surface area contributed by atoms with Crippen molar-refractivity contribution in [3.63, 3.8) is 0 Å². The Morgan fingerprint density at radius 2 is 2.14 bits per heavy atom. The summed E-state index contributed by atoms with van der Waals surface area (Å²) in [6.45, 7) is 9.25. The first-order valence-corrected chi connectivity index (χ1v) is 8.31. The van der Waals surface area contributed by atoms with Crippen LogP contribution in [0.15, 0.2) is 6.07 Å². The van der Waals surface area contributed by atoms with E-state index in [1.807, 2.05) is 11.0 Å². The van der Waals surface area contributed by atoms with E-state index in [9.17, 15) is 4.79 Å². The van der Waals surface area contributed by atoms with Crippen LogP contribution in [0.1, 0.15) is 48.8 Å². The number of hydrogen-bond donors (Lipinski definition) is 1. The zero-order valence-electron chi connectivity index (χ0n) is 13.5. The van der Waals surface area contributed by atoms with E-state index >= 15 is 0 Å². The van der Waals surface area contributed by atoms with E-state index in [4.69, 9.17) is 4.74 Å².